The van der Waals surface area contributed by atoms with E-state index in [4.69, 9.17) is 17.4 Å². The first kappa shape index (κ1) is 22.0. The molecule has 0 aliphatic carbocycles. The van der Waals surface area contributed by atoms with Crippen LogP contribution in [-0.2, 0) is 11.3 Å². The summed E-state index contributed by atoms with van der Waals surface area (Å²) in [4.78, 5) is 6.82. The van der Waals surface area contributed by atoms with Gasteiger partial charge in [0, 0.05) is 35.9 Å². The number of fused-ring (bicyclic) bond motifs is 2. The highest BCUT2D eigenvalue weighted by Gasteiger charge is 2.23. The summed E-state index contributed by atoms with van der Waals surface area (Å²) in [5.74, 6) is 0.460. The van der Waals surface area contributed by atoms with Gasteiger partial charge < -0.3 is 10.1 Å². The molecule has 1 unspecified atom stereocenters. The lowest BCUT2D eigenvalue weighted by atomic mass is 10.2. The summed E-state index contributed by atoms with van der Waals surface area (Å²) in [5, 5.41) is 13.2. The van der Waals surface area contributed by atoms with Gasteiger partial charge in [-0.1, -0.05) is 12.1 Å². The van der Waals surface area contributed by atoms with Crippen molar-refractivity contribution < 1.29 is 9.13 Å². The molecule has 178 valence electrons. The number of morpholine rings is 1. The maximum Gasteiger partial charge on any atom is 0.158 e. The lowest BCUT2D eigenvalue weighted by Gasteiger charge is -2.31. The first-order valence-corrected chi connectivity index (χ1v) is 12.0. The minimum atomic E-state index is -0.247. The second-order valence-electron chi connectivity index (χ2n) is 8.53. The van der Waals surface area contributed by atoms with Crippen LogP contribution in [0.1, 0.15) is 16.5 Å². The number of rotatable bonds is 6. The molecule has 35 heavy (non-hydrogen) atoms. The van der Waals surface area contributed by atoms with Crippen molar-refractivity contribution in [2.45, 2.75) is 11.9 Å². The molecule has 1 N–H and O–H groups in total. The van der Waals surface area contributed by atoms with Crippen LogP contribution in [-0.4, -0.2) is 55.6 Å². The van der Waals surface area contributed by atoms with Gasteiger partial charge in [-0.05, 0) is 42.0 Å². The molecule has 0 radical (unpaired) electrons. The predicted octanol–water partition coefficient (Wildman–Crippen LogP) is 4.27. The molecule has 0 amide bonds. The van der Waals surface area contributed by atoms with Gasteiger partial charge in [0.2, 0.25) is 0 Å². The van der Waals surface area contributed by atoms with E-state index >= 15 is 0 Å². The van der Waals surface area contributed by atoms with Gasteiger partial charge in [0.1, 0.15) is 17.7 Å². The van der Waals surface area contributed by atoms with Crippen molar-refractivity contribution in [1.82, 2.24) is 29.3 Å². The number of benzene rings is 2. The van der Waals surface area contributed by atoms with Gasteiger partial charge in [0.15, 0.2) is 5.82 Å². The largest absolute Gasteiger partial charge is 0.379 e. The average Bonchev–Trinajstić information content (AvgIpc) is 3.49. The van der Waals surface area contributed by atoms with Gasteiger partial charge >= 0.3 is 0 Å². The lowest BCUT2D eigenvalue weighted by molar-refractivity contribution is 0.0329. The summed E-state index contributed by atoms with van der Waals surface area (Å²) >= 11 is 4.92. The van der Waals surface area contributed by atoms with Crippen LogP contribution in [0.2, 0.25) is 0 Å². The van der Waals surface area contributed by atoms with Gasteiger partial charge in [0.25, 0.3) is 0 Å². The van der Waals surface area contributed by atoms with E-state index in [0.29, 0.717) is 25.6 Å². The minimum Gasteiger partial charge on any atom is -0.379 e. The summed E-state index contributed by atoms with van der Waals surface area (Å²) in [6.45, 7) is 3.57. The molecule has 1 aliphatic rings. The van der Waals surface area contributed by atoms with Crippen molar-refractivity contribution in [2.24, 2.45) is 0 Å². The van der Waals surface area contributed by atoms with E-state index in [9.17, 15) is 4.39 Å². The molecule has 4 heterocycles. The molecule has 0 saturated carbocycles. The highest BCUT2D eigenvalue weighted by atomic mass is 32.1. The third-order valence-electron chi connectivity index (χ3n) is 6.28. The van der Waals surface area contributed by atoms with Crippen LogP contribution in [0, 0.1) is 5.82 Å². The third kappa shape index (κ3) is 4.36. The van der Waals surface area contributed by atoms with E-state index in [-0.39, 0.29) is 11.2 Å². The molecule has 1 aliphatic heterocycles. The van der Waals surface area contributed by atoms with E-state index in [2.05, 4.69) is 25.4 Å². The Balaban J connectivity index is 1.29. The molecule has 0 spiro atoms. The fourth-order valence-corrected chi connectivity index (χ4v) is 4.97. The Morgan fingerprint density at radius 2 is 1.97 bits per heavy atom. The molecule has 0 bridgehead atoms. The molecular formula is C25H24FN7OS. The average molecular weight is 490 g/mol. The van der Waals surface area contributed by atoms with Crippen LogP contribution in [0.25, 0.3) is 16.4 Å². The highest BCUT2D eigenvalue weighted by molar-refractivity contribution is 7.80. The number of hydrogen-bond acceptors (Lipinski definition) is 7. The van der Waals surface area contributed by atoms with Gasteiger partial charge in [-0.2, -0.15) is 22.8 Å². The van der Waals surface area contributed by atoms with Gasteiger partial charge in [-0.25, -0.2) is 13.9 Å². The maximum atomic E-state index is 13.6. The van der Waals surface area contributed by atoms with Crippen LogP contribution in [0.5, 0.6) is 0 Å². The summed E-state index contributed by atoms with van der Waals surface area (Å²) in [6.07, 6.45) is 5.29. The molecule has 2 aromatic carbocycles. The van der Waals surface area contributed by atoms with Crippen LogP contribution >= 0.6 is 12.6 Å². The Hall–Kier alpha value is -3.47. The van der Waals surface area contributed by atoms with Gasteiger partial charge in [-0.3, -0.25) is 9.58 Å². The second kappa shape index (κ2) is 9.29. The van der Waals surface area contributed by atoms with Crippen LogP contribution < -0.4 is 5.32 Å². The smallest absolute Gasteiger partial charge is 0.158 e. The first-order chi connectivity index (χ1) is 17.2. The zero-order chi connectivity index (χ0) is 23.8. The Morgan fingerprint density at radius 1 is 1.09 bits per heavy atom. The molecular weight excluding hydrogens is 465 g/mol. The van der Waals surface area contributed by atoms with Crippen LogP contribution in [0.4, 0.5) is 15.9 Å². The zero-order valence-corrected chi connectivity index (χ0v) is 19.8. The molecule has 5 aromatic rings. The van der Waals surface area contributed by atoms with Crippen molar-refractivity contribution >= 4 is 40.6 Å². The second-order valence-corrected chi connectivity index (χ2v) is 9.01. The number of anilines is 2. The molecule has 1 atom stereocenters. The van der Waals surface area contributed by atoms with Crippen molar-refractivity contribution in [3.63, 3.8) is 0 Å². The van der Waals surface area contributed by atoms with Crippen molar-refractivity contribution in [2.75, 3.05) is 31.6 Å². The Morgan fingerprint density at radius 3 is 2.83 bits per heavy atom. The molecule has 6 rings (SSSR count). The Labute approximate surface area is 206 Å². The Bertz CT molecular complexity index is 1490. The molecule has 10 heteroatoms. The summed E-state index contributed by atoms with van der Waals surface area (Å²) in [6, 6.07) is 14.7. The predicted molar refractivity (Wildman–Crippen MR) is 136 cm³/mol. The van der Waals surface area contributed by atoms with Crippen LogP contribution in [0.3, 0.4) is 0 Å². The van der Waals surface area contributed by atoms with E-state index in [0.717, 1.165) is 46.3 Å². The lowest BCUT2D eigenvalue weighted by Crippen LogP contribution is -2.37. The van der Waals surface area contributed by atoms with E-state index in [1.165, 1.54) is 18.5 Å². The fraction of sp³-hybridized carbons (Fsp3) is 0.240. The van der Waals surface area contributed by atoms with Crippen molar-refractivity contribution in [1.29, 1.82) is 0 Å². The minimum absolute atomic E-state index is 0.0843. The summed E-state index contributed by atoms with van der Waals surface area (Å²) < 4.78 is 22.8. The number of nitrogens with one attached hydrogen (secondary N) is 1. The van der Waals surface area contributed by atoms with Gasteiger partial charge in [-0.15, -0.1) is 0 Å². The normalized spacial score (nSPS) is 15.6. The number of thiol groups is 1. The zero-order valence-electron chi connectivity index (χ0n) is 18.9. The number of nitrogens with zero attached hydrogens (tertiary/aromatic N) is 6. The molecule has 8 nitrogen and oxygen atoms in total. The van der Waals surface area contributed by atoms with Crippen molar-refractivity contribution in [3.05, 3.63) is 84.2 Å². The third-order valence-corrected chi connectivity index (χ3v) is 6.89. The van der Waals surface area contributed by atoms with E-state index in [1.54, 1.807) is 6.07 Å². The van der Waals surface area contributed by atoms with Crippen molar-refractivity contribution in [3.8, 4) is 0 Å². The van der Waals surface area contributed by atoms with E-state index in [1.807, 2.05) is 51.9 Å². The Kier molecular flexibility index (Phi) is 5.85. The first-order valence-electron chi connectivity index (χ1n) is 11.4. The SMILES string of the molecule is Fc1cccc(Cn2ncc3cc(Nc4ncnn5ccc(C(S)N6CCOCC6)c45)ccc32)c1. The molecule has 3 aromatic heterocycles. The highest BCUT2D eigenvalue weighted by Crippen LogP contribution is 2.33. The maximum absolute atomic E-state index is 13.6. The summed E-state index contributed by atoms with van der Waals surface area (Å²) in [5.41, 5.74) is 4.66. The number of halogens is 1. The number of aromatic nitrogens is 5. The van der Waals surface area contributed by atoms with Gasteiger partial charge in [0.05, 0.1) is 36.8 Å². The standard InChI is InChI=1S/C25H24FN7OS/c26-19-3-1-2-17(12-19)15-33-22-5-4-20(13-18(22)14-28-33)30-24-23-21(6-7-32(23)29-16-27-24)25(35)31-8-10-34-11-9-31/h1-7,12-14,16,25,35H,8-11,15H2,(H,27,29,30). The molecule has 1 fully saturated rings. The quantitative estimate of drug-likeness (QED) is 0.347. The summed E-state index contributed by atoms with van der Waals surface area (Å²) in [7, 11) is 0. The number of ether oxygens (including phenoxy) is 1. The van der Waals surface area contributed by atoms with Crippen LogP contribution in [0.15, 0.2) is 67.3 Å². The topological polar surface area (TPSA) is 72.5 Å². The fourth-order valence-electron chi connectivity index (χ4n) is 4.53. The van der Waals surface area contributed by atoms with E-state index < -0.39 is 0 Å². The monoisotopic (exact) mass is 489 g/mol. The number of hydrogen-bond donors (Lipinski definition) is 2. The molecule has 1 saturated heterocycles.